The summed E-state index contributed by atoms with van der Waals surface area (Å²) in [7, 11) is -9.71. The van der Waals surface area contributed by atoms with Crippen molar-refractivity contribution in [2.24, 2.45) is 0 Å². The number of aliphatic hydroxyl groups is 1. The lowest BCUT2D eigenvalue weighted by Crippen LogP contribution is -2.30. The van der Waals surface area contributed by atoms with Crippen LogP contribution in [0.4, 0.5) is 0 Å². The summed E-state index contributed by atoms with van der Waals surface area (Å²) in [6.45, 7) is 1.51. The van der Waals surface area contributed by atoms with Gasteiger partial charge in [0.05, 0.1) is 32.0 Å². The third-order valence-corrected chi connectivity index (χ3v) is 10.4. The van der Waals surface area contributed by atoms with E-state index in [1.54, 1.807) is 0 Å². The van der Waals surface area contributed by atoms with Crippen LogP contribution in [0.25, 0.3) is 0 Å². The van der Waals surface area contributed by atoms with Gasteiger partial charge in [0.15, 0.2) is 6.10 Å². The molecule has 1 aliphatic heterocycles. The molecule has 4 N–H and O–H groups in total. The van der Waals surface area contributed by atoms with E-state index in [-0.39, 0.29) is 12.8 Å². The second kappa shape index (κ2) is 36.0. The monoisotopic (exact) mass is 888 g/mol. The number of rotatable bonds is 39. The number of aliphatic hydroxyl groups excluding tert-OH is 1. The van der Waals surface area contributed by atoms with Crippen molar-refractivity contribution in [1.29, 1.82) is 0 Å². The minimum Gasteiger partial charge on any atom is -0.462 e. The van der Waals surface area contributed by atoms with Crippen LogP contribution in [0.3, 0.4) is 0 Å². The Labute approximate surface area is 359 Å². The molecule has 1 fully saturated rings. The minimum atomic E-state index is -4.87. The highest BCUT2D eigenvalue weighted by Gasteiger charge is 2.36. The fraction of sp³-hybridized carbons (Fsp3) is 0.682. The van der Waals surface area contributed by atoms with E-state index >= 15 is 0 Å². The zero-order valence-electron chi connectivity index (χ0n) is 36.0. The van der Waals surface area contributed by atoms with Gasteiger partial charge in [-0.3, -0.25) is 23.2 Å². The lowest BCUT2D eigenvalue weighted by molar-refractivity contribution is -0.161. The second-order valence-corrected chi connectivity index (χ2v) is 17.3. The topological polar surface area (TPSA) is 208 Å². The Morgan fingerprint density at radius 2 is 1.08 bits per heavy atom. The maximum absolute atomic E-state index is 12.7. The van der Waals surface area contributed by atoms with Crippen LogP contribution in [0.2, 0.25) is 0 Å². The predicted molar refractivity (Wildman–Crippen MR) is 234 cm³/mol. The van der Waals surface area contributed by atoms with Gasteiger partial charge in [0.1, 0.15) is 12.7 Å². The highest BCUT2D eigenvalue weighted by molar-refractivity contribution is 7.47. The molecule has 1 heterocycles. The Hall–Kier alpha value is -2.48. The third-order valence-electron chi connectivity index (χ3n) is 8.97. The van der Waals surface area contributed by atoms with Gasteiger partial charge in [0.25, 0.3) is 0 Å². The summed E-state index contributed by atoms with van der Waals surface area (Å²) in [6, 6.07) is 0. The normalized spacial score (nSPS) is 18.1. The average molecular weight is 889 g/mol. The summed E-state index contributed by atoms with van der Waals surface area (Å²) < 4.78 is 53.4. The molecule has 14 nitrogen and oxygen atoms in total. The van der Waals surface area contributed by atoms with Gasteiger partial charge in [-0.1, -0.05) is 119 Å². The van der Waals surface area contributed by atoms with Crippen LogP contribution in [0, 0.1) is 0 Å². The number of hydrogen-bond acceptors (Lipinski definition) is 11. The average Bonchev–Trinajstić information content (AvgIpc) is 3.96. The molecule has 60 heavy (non-hydrogen) atoms. The number of epoxide rings is 1. The first-order chi connectivity index (χ1) is 28.8. The van der Waals surface area contributed by atoms with Gasteiger partial charge >= 0.3 is 27.6 Å². The Bertz CT molecular complexity index is 1400. The lowest BCUT2D eigenvalue weighted by atomic mass is 10.1. The van der Waals surface area contributed by atoms with E-state index in [2.05, 4.69) is 83.7 Å². The first kappa shape index (κ1) is 55.5. The number of hydrogen-bond donors (Lipinski definition) is 4. The van der Waals surface area contributed by atoms with Crippen LogP contribution in [0.5, 0.6) is 0 Å². The van der Waals surface area contributed by atoms with E-state index in [1.807, 2.05) is 12.2 Å². The molecular formula is C44H74O14P2. The molecule has 0 aromatic carbocycles. The lowest BCUT2D eigenvalue weighted by Gasteiger charge is -2.20. The number of allylic oxidation sites excluding steroid dienone is 10. The van der Waals surface area contributed by atoms with Crippen molar-refractivity contribution in [1.82, 2.24) is 0 Å². The molecule has 1 rings (SSSR count). The fourth-order valence-corrected chi connectivity index (χ4v) is 6.73. The number of carbonyl (C=O) groups is 2. The smallest absolute Gasteiger partial charge is 0.462 e. The Morgan fingerprint density at radius 1 is 0.583 bits per heavy atom. The number of phosphoric ester groups is 2. The SMILES string of the molecule is CC/C=C\C/C=C\C/C=C\CCCCCCCC(=O)O[C@H](COC(=O)CCC/C=C\C/C=C\CC1OC1C/C=C\CCCCC)COP(=O)(O)OC[C@@H](O)COP(=O)(O)O. The van der Waals surface area contributed by atoms with Crippen molar-refractivity contribution in [2.45, 2.75) is 167 Å². The summed E-state index contributed by atoms with van der Waals surface area (Å²) in [4.78, 5) is 52.7. The first-order valence-electron chi connectivity index (χ1n) is 21.8. The molecule has 5 atom stereocenters. The Balaban J connectivity index is 2.41. The fourth-order valence-electron chi connectivity index (χ4n) is 5.57. The van der Waals surface area contributed by atoms with E-state index in [0.717, 1.165) is 77.0 Å². The molecule has 1 aliphatic rings. The van der Waals surface area contributed by atoms with Gasteiger partial charge < -0.3 is 34.0 Å². The van der Waals surface area contributed by atoms with E-state index < -0.39 is 66.2 Å². The Morgan fingerprint density at radius 3 is 1.73 bits per heavy atom. The summed E-state index contributed by atoms with van der Waals surface area (Å²) in [6.07, 6.45) is 40.7. The molecule has 16 heteroatoms. The van der Waals surface area contributed by atoms with Crippen LogP contribution >= 0.6 is 15.6 Å². The van der Waals surface area contributed by atoms with E-state index in [9.17, 15) is 28.7 Å². The van der Waals surface area contributed by atoms with Crippen molar-refractivity contribution >= 4 is 27.6 Å². The van der Waals surface area contributed by atoms with Gasteiger partial charge in [-0.2, -0.15) is 0 Å². The molecular weight excluding hydrogens is 814 g/mol. The maximum Gasteiger partial charge on any atom is 0.472 e. The van der Waals surface area contributed by atoms with Gasteiger partial charge in [0.2, 0.25) is 0 Å². The number of ether oxygens (including phenoxy) is 3. The van der Waals surface area contributed by atoms with Crippen LogP contribution in [0.15, 0.2) is 72.9 Å². The highest BCUT2D eigenvalue weighted by atomic mass is 31.2. The Kier molecular flexibility index (Phi) is 33.4. The van der Waals surface area contributed by atoms with Crippen LogP contribution in [-0.4, -0.2) is 82.6 Å². The molecule has 0 aromatic rings. The van der Waals surface area contributed by atoms with Gasteiger partial charge in [-0.25, -0.2) is 9.13 Å². The molecule has 1 saturated heterocycles. The molecule has 0 saturated carbocycles. The van der Waals surface area contributed by atoms with Crippen molar-refractivity contribution in [3.05, 3.63) is 72.9 Å². The van der Waals surface area contributed by atoms with Crippen LogP contribution in [-0.2, 0) is 46.5 Å². The summed E-state index contributed by atoms with van der Waals surface area (Å²) in [5.41, 5.74) is 0. The number of unbranched alkanes of at least 4 members (excludes halogenated alkanes) is 9. The number of phosphoric acid groups is 2. The first-order valence-corrected chi connectivity index (χ1v) is 24.8. The van der Waals surface area contributed by atoms with Crippen molar-refractivity contribution < 1.29 is 66.3 Å². The highest BCUT2D eigenvalue weighted by Crippen LogP contribution is 2.44. The number of esters is 2. The summed E-state index contributed by atoms with van der Waals surface area (Å²) in [5, 5.41) is 9.75. The molecule has 0 bridgehead atoms. The number of carbonyl (C=O) groups excluding carboxylic acids is 2. The van der Waals surface area contributed by atoms with Gasteiger partial charge in [-0.05, 0) is 83.5 Å². The molecule has 344 valence electrons. The quantitative estimate of drug-likeness (QED) is 0.0149. The standard InChI is InChI=1S/C44H74O14P2/c1-3-5-7-9-11-12-13-14-15-16-17-18-21-26-30-34-44(47)57-40(38-56-60(51,52)55-36-39(45)35-54-59(48,49)50)37-53-43(46)33-29-25-22-19-20-24-28-32-42-41(58-42)31-27-23-10-8-6-4-2/h5,7,11-12,14-15,19,22-24,27-28,39-42,45H,3-4,6,8-10,13,16-18,20-21,25-26,29-38H2,1-2H3,(H,51,52)(H2,48,49,50)/b7-5-,12-11-,15-14-,22-19-,27-23-,28-24-/t39-,40+,41?,42?/m0/s1. The summed E-state index contributed by atoms with van der Waals surface area (Å²) in [5.74, 6) is -1.13. The van der Waals surface area contributed by atoms with Crippen molar-refractivity contribution in [2.75, 3.05) is 26.4 Å². The third kappa shape index (κ3) is 36.2. The zero-order chi connectivity index (χ0) is 44.2. The maximum atomic E-state index is 12.7. The predicted octanol–water partition coefficient (Wildman–Crippen LogP) is 9.99. The zero-order valence-corrected chi connectivity index (χ0v) is 37.8. The van der Waals surface area contributed by atoms with E-state index in [1.165, 1.54) is 19.3 Å². The van der Waals surface area contributed by atoms with Crippen molar-refractivity contribution in [3.8, 4) is 0 Å². The van der Waals surface area contributed by atoms with Crippen LogP contribution in [0.1, 0.15) is 142 Å². The summed E-state index contributed by atoms with van der Waals surface area (Å²) >= 11 is 0. The molecule has 0 aromatic heterocycles. The molecule has 0 spiro atoms. The van der Waals surface area contributed by atoms with Gasteiger partial charge in [0, 0.05) is 12.8 Å². The molecule has 0 amide bonds. The van der Waals surface area contributed by atoms with Crippen LogP contribution < -0.4 is 0 Å². The molecule has 3 unspecified atom stereocenters. The molecule has 0 radical (unpaired) electrons. The molecule has 0 aliphatic carbocycles. The van der Waals surface area contributed by atoms with E-state index in [4.69, 9.17) is 28.5 Å². The largest absolute Gasteiger partial charge is 0.472 e. The second-order valence-electron chi connectivity index (χ2n) is 14.6. The minimum absolute atomic E-state index is 0.0937. The van der Waals surface area contributed by atoms with E-state index in [0.29, 0.717) is 31.5 Å². The van der Waals surface area contributed by atoms with Crippen molar-refractivity contribution in [3.63, 3.8) is 0 Å². The van der Waals surface area contributed by atoms with Gasteiger partial charge in [-0.15, -0.1) is 0 Å².